The van der Waals surface area contributed by atoms with Crippen LogP contribution in [-0.2, 0) is 17.7 Å². The van der Waals surface area contributed by atoms with Crippen LogP contribution in [-0.4, -0.2) is 32.9 Å². The number of halogens is 1. The minimum atomic E-state index is -0.119. The highest BCUT2D eigenvalue weighted by atomic mass is 79.9. The summed E-state index contributed by atoms with van der Waals surface area (Å²) in [6.07, 6.45) is 2.48. The van der Waals surface area contributed by atoms with E-state index in [-0.39, 0.29) is 10.8 Å². The third-order valence-corrected chi connectivity index (χ3v) is 5.91. The number of rotatable bonds is 10. The first-order valence-corrected chi connectivity index (χ1v) is 11.5. The van der Waals surface area contributed by atoms with E-state index in [0.717, 1.165) is 23.7 Å². The van der Waals surface area contributed by atoms with Crippen LogP contribution in [0.4, 0.5) is 0 Å². The molecule has 0 N–H and O–H groups in total. The van der Waals surface area contributed by atoms with Gasteiger partial charge in [0.15, 0.2) is 11.0 Å². The van der Waals surface area contributed by atoms with Gasteiger partial charge in [-0.15, -0.1) is 0 Å². The Morgan fingerprint density at radius 2 is 2.14 bits per heavy atom. The predicted molar refractivity (Wildman–Crippen MR) is 117 cm³/mol. The van der Waals surface area contributed by atoms with Crippen molar-refractivity contribution in [3.8, 4) is 0 Å². The van der Waals surface area contributed by atoms with Crippen molar-refractivity contribution >= 4 is 38.6 Å². The van der Waals surface area contributed by atoms with E-state index in [1.165, 1.54) is 11.8 Å². The number of thioether (sulfide) groups is 1. The zero-order chi connectivity index (χ0) is 20.8. The van der Waals surface area contributed by atoms with Crippen LogP contribution in [0.2, 0.25) is 0 Å². The van der Waals surface area contributed by atoms with Crippen molar-refractivity contribution in [2.75, 3.05) is 13.2 Å². The van der Waals surface area contributed by atoms with Crippen molar-refractivity contribution < 1.29 is 9.26 Å². The van der Waals surface area contributed by atoms with E-state index in [4.69, 9.17) is 14.2 Å². The number of benzene rings is 1. The molecule has 156 valence electrons. The van der Waals surface area contributed by atoms with Crippen molar-refractivity contribution in [3.05, 3.63) is 44.7 Å². The number of nitrogens with zero attached hydrogens (tertiary/aromatic N) is 4. The molecule has 0 radical (unpaired) electrons. The van der Waals surface area contributed by atoms with Crippen molar-refractivity contribution in [2.24, 2.45) is 0 Å². The van der Waals surface area contributed by atoms with Crippen LogP contribution in [0.25, 0.3) is 10.9 Å². The molecule has 0 aliphatic carbocycles. The van der Waals surface area contributed by atoms with Gasteiger partial charge < -0.3 is 9.26 Å². The molecule has 1 aromatic carbocycles. The van der Waals surface area contributed by atoms with E-state index in [2.05, 4.69) is 33.0 Å². The van der Waals surface area contributed by atoms with Crippen molar-refractivity contribution in [1.82, 2.24) is 19.7 Å². The second-order valence-corrected chi connectivity index (χ2v) is 8.85. The highest BCUT2D eigenvalue weighted by molar-refractivity contribution is 9.10. The SMILES string of the molecule is CCCc1noc([C@H](C)Sc2nc3ccc(Br)cc3c(=O)n2CCCOCC)n1. The third kappa shape index (κ3) is 5.46. The maximum atomic E-state index is 13.2. The Kier molecular flexibility index (Phi) is 7.85. The lowest BCUT2D eigenvalue weighted by molar-refractivity contribution is 0.140. The summed E-state index contributed by atoms with van der Waals surface area (Å²) in [7, 11) is 0. The maximum Gasteiger partial charge on any atom is 0.262 e. The zero-order valence-corrected chi connectivity index (χ0v) is 19.3. The summed E-state index contributed by atoms with van der Waals surface area (Å²) in [5.41, 5.74) is 0.617. The number of fused-ring (bicyclic) bond motifs is 1. The van der Waals surface area contributed by atoms with Gasteiger partial charge >= 0.3 is 0 Å². The van der Waals surface area contributed by atoms with Gasteiger partial charge in [0.05, 0.1) is 16.2 Å². The van der Waals surface area contributed by atoms with Crippen LogP contribution in [0.1, 0.15) is 50.6 Å². The minimum Gasteiger partial charge on any atom is -0.382 e. The molecule has 2 aromatic heterocycles. The van der Waals surface area contributed by atoms with Gasteiger partial charge in [-0.05, 0) is 44.9 Å². The molecule has 9 heteroatoms. The summed E-state index contributed by atoms with van der Waals surface area (Å²) < 4.78 is 13.4. The number of aryl methyl sites for hydroxylation is 1. The van der Waals surface area contributed by atoms with E-state index in [1.807, 2.05) is 32.0 Å². The van der Waals surface area contributed by atoms with Gasteiger partial charge in [0, 0.05) is 30.7 Å². The molecule has 0 aliphatic rings. The minimum absolute atomic E-state index is 0.0558. The molecular formula is C20H25BrN4O3S. The Morgan fingerprint density at radius 3 is 2.90 bits per heavy atom. The van der Waals surface area contributed by atoms with Gasteiger partial charge in [0.1, 0.15) is 0 Å². The summed E-state index contributed by atoms with van der Waals surface area (Å²) in [6, 6.07) is 5.56. The van der Waals surface area contributed by atoms with E-state index < -0.39 is 0 Å². The topological polar surface area (TPSA) is 83.0 Å². The fraction of sp³-hybridized carbons (Fsp3) is 0.500. The van der Waals surface area contributed by atoms with Gasteiger partial charge in [-0.2, -0.15) is 4.98 Å². The zero-order valence-electron chi connectivity index (χ0n) is 16.9. The Hall–Kier alpha value is -1.71. The highest BCUT2D eigenvalue weighted by Crippen LogP contribution is 2.33. The summed E-state index contributed by atoms with van der Waals surface area (Å²) in [4.78, 5) is 22.4. The lowest BCUT2D eigenvalue weighted by Gasteiger charge is -2.15. The fourth-order valence-electron chi connectivity index (χ4n) is 2.90. The maximum absolute atomic E-state index is 13.2. The molecule has 3 aromatic rings. The van der Waals surface area contributed by atoms with Gasteiger partial charge in [-0.3, -0.25) is 9.36 Å². The molecule has 0 spiro atoms. The fourth-order valence-corrected chi connectivity index (χ4v) is 4.22. The van der Waals surface area contributed by atoms with Crippen LogP contribution in [0.15, 0.2) is 37.1 Å². The number of hydrogen-bond acceptors (Lipinski definition) is 7. The summed E-state index contributed by atoms with van der Waals surface area (Å²) in [6.45, 7) is 7.81. The summed E-state index contributed by atoms with van der Waals surface area (Å²) in [5.74, 6) is 1.25. The normalized spacial score (nSPS) is 12.6. The number of hydrogen-bond donors (Lipinski definition) is 0. The second kappa shape index (κ2) is 10.4. The van der Waals surface area contributed by atoms with E-state index >= 15 is 0 Å². The van der Waals surface area contributed by atoms with Crippen LogP contribution in [0.5, 0.6) is 0 Å². The van der Waals surface area contributed by atoms with E-state index in [1.54, 1.807) is 4.57 Å². The molecule has 0 fully saturated rings. The Morgan fingerprint density at radius 1 is 1.31 bits per heavy atom. The number of aromatic nitrogens is 4. The molecule has 0 aliphatic heterocycles. The highest BCUT2D eigenvalue weighted by Gasteiger charge is 2.20. The quantitative estimate of drug-likeness (QED) is 0.234. The third-order valence-electron chi connectivity index (χ3n) is 4.34. The molecule has 29 heavy (non-hydrogen) atoms. The van der Waals surface area contributed by atoms with Crippen LogP contribution < -0.4 is 5.56 Å². The van der Waals surface area contributed by atoms with Crippen LogP contribution in [0.3, 0.4) is 0 Å². The lowest BCUT2D eigenvalue weighted by Crippen LogP contribution is -2.24. The molecule has 7 nitrogen and oxygen atoms in total. The molecule has 0 saturated carbocycles. The molecule has 3 rings (SSSR count). The first-order chi connectivity index (χ1) is 14.0. The predicted octanol–water partition coefficient (Wildman–Crippen LogP) is 4.77. The van der Waals surface area contributed by atoms with Crippen LogP contribution >= 0.6 is 27.7 Å². The Labute approximate surface area is 182 Å². The van der Waals surface area contributed by atoms with E-state index in [0.29, 0.717) is 47.5 Å². The first kappa shape index (κ1) is 22.0. The average molecular weight is 481 g/mol. The summed E-state index contributed by atoms with van der Waals surface area (Å²) in [5, 5.41) is 5.14. The Balaban J connectivity index is 1.92. The molecule has 0 saturated heterocycles. The molecule has 0 bridgehead atoms. The van der Waals surface area contributed by atoms with Gasteiger partial charge in [0.2, 0.25) is 5.89 Å². The molecule has 2 heterocycles. The molecule has 0 unspecified atom stereocenters. The van der Waals surface area contributed by atoms with Crippen LogP contribution in [0, 0.1) is 0 Å². The van der Waals surface area contributed by atoms with Gasteiger partial charge in [-0.1, -0.05) is 39.8 Å². The van der Waals surface area contributed by atoms with Crippen molar-refractivity contribution in [1.29, 1.82) is 0 Å². The smallest absolute Gasteiger partial charge is 0.262 e. The van der Waals surface area contributed by atoms with Crippen molar-refractivity contribution in [2.45, 2.75) is 57.0 Å². The lowest BCUT2D eigenvalue weighted by atomic mass is 10.2. The molecular weight excluding hydrogens is 456 g/mol. The second-order valence-electron chi connectivity index (χ2n) is 6.62. The number of ether oxygens (including phenoxy) is 1. The average Bonchev–Trinajstić information content (AvgIpc) is 3.17. The molecule has 1 atom stereocenters. The molecule has 0 amide bonds. The van der Waals surface area contributed by atoms with Crippen molar-refractivity contribution in [3.63, 3.8) is 0 Å². The summed E-state index contributed by atoms with van der Waals surface area (Å²) >= 11 is 4.89. The Bertz CT molecular complexity index is 1020. The van der Waals surface area contributed by atoms with E-state index in [9.17, 15) is 4.79 Å². The largest absolute Gasteiger partial charge is 0.382 e. The van der Waals surface area contributed by atoms with Gasteiger partial charge in [0.25, 0.3) is 5.56 Å². The monoisotopic (exact) mass is 480 g/mol. The standard InChI is InChI=1S/C20H25BrN4O3S/c1-4-7-17-23-18(28-24-17)13(3)29-20-22-16-9-8-14(21)12-15(16)19(26)25(20)10-6-11-27-5-2/h8-9,12-13H,4-7,10-11H2,1-3H3/t13-/m0/s1. The first-order valence-electron chi connectivity index (χ1n) is 9.80. The van der Waals surface area contributed by atoms with Gasteiger partial charge in [-0.25, -0.2) is 4.98 Å².